The van der Waals surface area contributed by atoms with Crippen molar-refractivity contribution in [3.63, 3.8) is 0 Å². The number of piperidine rings is 2. The van der Waals surface area contributed by atoms with Gasteiger partial charge in [-0.1, -0.05) is 23.7 Å². The molecule has 3 atom stereocenters. The normalized spacial score (nSPS) is 34.3. The molecule has 102 valence electrons. The quantitative estimate of drug-likeness (QED) is 0.784. The predicted molar refractivity (Wildman–Crippen MR) is 78.6 cm³/mol. The molecule has 19 heavy (non-hydrogen) atoms. The van der Waals surface area contributed by atoms with Crippen LogP contribution in [0.1, 0.15) is 36.4 Å². The van der Waals surface area contributed by atoms with E-state index in [-0.39, 0.29) is 0 Å². The molecular weight excluding hydrogens is 256 g/mol. The topological polar surface area (TPSA) is 15.3 Å². The first-order valence-electron chi connectivity index (χ1n) is 7.57. The van der Waals surface area contributed by atoms with Gasteiger partial charge in [0.25, 0.3) is 0 Å². The number of rotatable bonds is 0. The van der Waals surface area contributed by atoms with Gasteiger partial charge in [-0.05, 0) is 55.3 Å². The standard InChI is InChI=1S/C16H21ClN2/c17-14-5-1-4-13-12(14)6-8-19-10-11-3-2-7-18-15(11)9-16(13)19/h1,4-5,11,15-16,18H,2-3,6-10H2/t11-,15+,16+/m0/s1. The fraction of sp³-hybridized carbons (Fsp3) is 0.625. The molecule has 2 fully saturated rings. The molecule has 2 saturated heterocycles. The zero-order valence-electron chi connectivity index (χ0n) is 11.2. The Morgan fingerprint density at radius 2 is 2.26 bits per heavy atom. The molecule has 3 heteroatoms. The molecule has 0 amide bonds. The molecule has 4 rings (SSSR count). The van der Waals surface area contributed by atoms with Crippen molar-refractivity contribution in [1.82, 2.24) is 10.2 Å². The van der Waals surface area contributed by atoms with Gasteiger partial charge in [0.1, 0.15) is 0 Å². The lowest BCUT2D eigenvalue weighted by Crippen LogP contribution is -2.54. The van der Waals surface area contributed by atoms with Gasteiger partial charge in [-0.3, -0.25) is 4.90 Å². The maximum atomic E-state index is 6.38. The SMILES string of the molecule is Clc1cccc2c1CCN1C[C@@H]3CCCN[C@@H]3C[C@H]21. The summed E-state index contributed by atoms with van der Waals surface area (Å²) in [5, 5.41) is 4.71. The summed E-state index contributed by atoms with van der Waals surface area (Å²) in [6.45, 7) is 3.66. The van der Waals surface area contributed by atoms with Crippen molar-refractivity contribution in [2.24, 2.45) is 5.92 Å². The van der Waals surface area contributed by atoms with Crippen LogP contribution in [0.5, 0.6) is 0 Å². The molecule has 3 aliphatic heterocycles. The third-order valence-corrected chi connectivity index (χ3v) is 5.63. The Labute approximate surface area is 120 Å². The summed E-state index contributed by atoms with van der Waals surface area (Å²) < 4.78 is 0. The second-order valence-electron chi connectivity index (χ2n) is 6.27. The van der Waals surface area contributed by atoms with Gasteiger partial charge in [-0.15, -0.1) is 0 Å². The molecule has 0 spiro atoms. The molecule has 0 aromatic heterocycles. The summed E-state index contributed by atoms with van der Waals surface area (Å²) in [5.74, 6) is 0.866. The maximum Gasteiger partial charge on any atom is 0.0441 e. The largest absolute Gasteiger partial charge is 0.314 e. The summed E-state index contributed by atoms with van der Waals surface area (Å²) >= 11 is 6.38. The van der Waals surface area contributed by atoms with E-state index in [0.29, 0.717) is 6.04 Å². The highest BCUT2D eigenvalue weighted by molar-refractivity contribution is 6.31. The van der Waals surface area contributed by atoms with Crippen molar-refractivity contribution in [3.05, 3.63) is 34.3 Å². The fourth-order valence-corrected chi connectivity index (χ4v) is 4.59. The van der Waals surface area contributed by atoms with Crippen LogP contribution in [-0.2, 0) is 6.42 Å². The van der Waals surface area contributed by atoms with Crippen LogP contribution < -0.4 is 5.32 Å². The number of halogens is 1. The highest BCUT2D eigenvalue weighted by Crippen LogP contribution is 2.41. The number of hydrogen-bond donors (Lipinski definition) is 1. The van der Waals surface area contributed by atoms with Crippen molar-refractivity contribution >= 4 is 11.6 Å². The minimum absolute atomic E-state index is 0.592. The maximum absolute atomic E-state index is 6.38. The van der Waals surface area contributed by atoms with E-state index in [2.05, 4.69) is 22.3 Å². The minimum Gasteiger partial charge on any atom is -0.314 e. The Hall–Kier alpha value is -0.570. The van der Waals surface area contributed by atoms with Gasteiger partial charge in [0.05, 0.1) is 0 Å². The van der Waals surface area contributed by atoms with E-state index in [1.165, 1.54) is 50.0 Å². The van der Waals surface area contributed by atoms with Crippen molar-refractivity contribution in [1.29, 1.82) is 0 Å². The third kappa shape index (κ3) is 2.01. The van der Waals surface area contributed by atoms with E-state index in [0.717, 1.165) is 23.4 Å². The van der Waals surface area contributed by atoms with Crippen LogP contribution in [0.3, 0.4) is 0 Å². The van der Waals surface area contributed by atoms with Gasteiger partial charge in [0.2, 0.25) is 0 Å². The lowest BCUT2D eigenvalue weighted by atomic mass is 9.77. The van der Waals surface area contributed by atoms with Gasteiger partial charge in [-0.25, -0.2) is 0 Å². The van der Waals surface area contributed by atoms with Crippen molar-refractivity contribution in [2.45, 2.75) is 37.8 Å². The van der Waals surface area contributed by atoms with E-state index in [1.54, 1.807) is 0 Å². The summed E-state index contributed by atoms with van der Waals surface area (Å²) in [7, 11) is 0. The number of nitrogens with one attached hydrogen (secondary N) is 1. The highest BCUT2D eigenvalue weighted by atomic mass is 35.5. The average molecular weight is 277 g/mol. The third-order valence-electron chi connectivity index (χ3n) is 5.28. The second kappa shape index (κ2) is 4.76. The molecule has 1 aromatic carbocycles. The molecule has 3 aliphatic rings. The van der Waals surface area contributed by atoms with Crippen molar-refractivity contribution in [3.8, 4) is 0 Å². The van der Waals surface area contributed by atoms with Crippen LogP contribution in [0.2, 0.25) is 5.02 Å². The number of nitrogens with zero attached hydrogens (tertiary/aromatic N) is 1. The first kappa shape index (κ1) is 12.2. The summed E-state index contributed by atoms with van der Waals surface area (Å²) in [5.41, 5.74) is 2.89. The zero-order valence-corrected chi connectivity index (χ0v) is 12.0. The zero-order chi connectivity index (χ0) is 12.8. The van der Waals surface area contributed by atoms with Crippen LogP contribution in [0, 0.1) is 5.92 Å². The first-order chi connectivity index (χ1) is 9.33. The van der Waals surface area contributed by atoms with Crippen LogP contribution in [0.4, 0.5) is 0 Å². The molecule has 0 aliphatic carbocycles. The number of hydrogen-bond acceptors (Lipinski definition) is 2. The van der Waals surface area contributed by atoms with Gasteiger partial charge >= 0.3 is 0 Å². The molecule has 2 nitrogen and oxygen atoms in total. The lowest BCUT2D eigenvalue weighted by Gasteiger charge is -2.49. The Morgan fingerprint density at radius 1 is 1.32 bits per heavy atom. The Balaban J connectivity index is 1.67. The molecule has 0 bridgehead atoms. The molecule has 1 aromatic rings. The Kier molecular flexibility index (Phi) is 3.06. The molecule has 0 unspecified atom stereocenters. The van der Waals surface area contributed by atoms with Gasteiger partial charge in [-0.2, -0.15) is 0 Å². The van der Waals surface area contributed by atoms with Crippen LogP contribution in [0.25, 0.3) is 0 Å². The van der Waals surface area contributed by atoms with Crippen LogP contribution in [0.15, 0.2) is 18.2 Å². The lowest BCUT2D eigenvalue weighted by molar-refractivity contribution is 0.0552. The monoisotopic (exact) mass is 276 g/mol. The van der Waals surface area contributed by atoms with Crippen molar-refractivity contribution < 1.29 is 0 Å². The Morgan fingerprint density at radius 3 is 3.21 bits per heavy atom. The van der Waals surface area contributed by atoms with Crippen LogP contribution >= 0.6 is 11.6 Å². The van der Waals surface area contributed by atoms with Gasteiger partial charge < -0.3 is 5.32 Å². The second-order valence-corrected chi connectivity index (χ2v) is 6.67. The Bertz CT molecular complexity index is 488. The fourth-order valence-electron chi connectivity index (χ4n) is 4.31. The van der Waals surface area contributed by atoms with E-state index >= 15 is 0 Å². The molecule has 3 heterocycles. The smallest absolute Gasteiger partial charge is 0.0441 e. The number of fused-ring (bicyclic) bond motifs is 4. The van der Waals surface area contributed by atoms with Gasteiger partial charge in [0.15, 0.2) is 0 Å². The predicted octanol–water partition coefficient (Wildman–Crippen LogP) is 3.01. The molecule has 0 radical (unpaired) electrons. The number of benzene rings is 1. The summed E-state index contributed by atoms with van der Waals surface area (Å²) in [6.07, 6.45) is 5.14. The van der Waals surface area contributed by atoms with Gasteiger partial charge in [0, 0.05) is 30.2 Å². The first-order valence-corrected chi connectivity index (χ1v) is 7.95. The van der Waals surface area contributed by atoms with E-state index in [4.69, 9.17) is 11.6 Å². The molecule has 1 N–H and O–H groups in total. The van der Waals surface area contributed by atoms with Crippen LogP contribution in [-0.4, -0.2) is 30.6 Å². The molecule has 0 saturated carbocycles. The highest BCUT2D eigenvalue weighted by Gasteiger charge is 2.39. The minimum atomic E-state index is 0.592. The van der Waals surface area contributed by atoms with Crippen molar-refractivity contribution in [2.75, 3.05) is 19.6 Å². The molecular formula is C16H21ClN2. The van der Waals surface area contributed by atoms with E-state index in [1.807, 2.05) is 6.07 Å². The van der Waals surface area contributed by atoms with E-state index in [9.17, 15) is 0 Å². The average Bonchev–Trinajstić information content (AvgIpc) is 2.45. The van der Waals surface area contributed by atoms with E-state index < -0.39 is 0 Å². The summed E-state index contributed by atoms with van der Waals surface area (Å²) in [6, 6.07) is 7.77. The summed E-state index contributed by atoms with van der Waals surface area (Å²) in [4.78, 5) is 2.70.